The molecule has 8 heteroatoms. The van der Waals surface area contributed by atoms with Crippen molar-refractivity contribution < 1.29 is 9.18 Å². The highest BCUT2D eigenvalue weighted by molar-refractivity contribution is 7.99. The van der Waals surface area contributed by atoms with Crippen LogP contribution in [0.4, 0.5) is 10.1 Å². The molecule has 3 rings (SSSR count). The molecule has 0 atom stereocenters. The van der Waals surface area contributed by atoms with Gasteiger partial charge in [0, 0.05) is 18.3 Å². The zero-order chi connectivity index (χ0) is 16.4. The first-order valence-corrected chi connectivity index (χ1v) is 8.44. The second-order valence-corrected chi connectivity index (χ2v) is 6.26. The Balaban J connectivity index is 1.68. The van der Waals surface area contributed by atoms with Gasteiger partial charge in [-0.15, -0.1) is 5.10 Å². The van der Waals surface area contributed by atoms with E-state index in [0.29, 0.717) is 17.4 Å². The van der Waals surface area contributed by atoms with Crippen LogP contribution in [0.25, 0.3) is 0 Å². The Bertz CT molecular complexity index is 752. The van der Waals surface area contributed by atoms with Gasteiger partial charge in [-0.25, -0.2) is 14.3 Å². The van der Waals surface area contributed by atoms with Crippen molar-refractivity contribution in [1.82, 2.24) is 14.8 Å². The maximum absolute atomic E-state index is 13.0. The van der Waals surface area contributed by atoms with Crippen LogP contribution in [0.3, 0.4) is 0 Å². The fourth-order valence-corrected chi connectivity index (χ4v) is 3.26. The molecule has 6 nitrogen and oxygen atoms in total. The van der Waals surface area contributed by atoms with Crippen LogP contribution in [-0.2, 0) is 4.79 Å². The Morgan fingerprint density at radius 1 is 1.43 bits per heavy atom. The normalized spacial score (nSPS) is 14.0. The maximum atomic E-state index is 13.0. The lowest BCUT2D eigenvalue weighted by atomic mass is 10.3. The highest BCUT2D eigenvalue weighted by Crippen LogP contribution is 2.36. The van der Waals surface area contributed by atoms with Gasteiger partial charge in [0.05, 0.1) is 5.75 Å². The van der Waals surface area contributed by atoms with Gasteiger partial charge in [-0.05, 0) is 44.0 Å². The average molecular weight is 336 g/mol. The standard InChI is InChI=1S/C15H17FN4O2S/c1-2-19(11-5-3-10(16)4-6-11)13(21)9-23-15-18-17-14(22)20(15)12-7-8-12/h3-6,12H,2,7-9H2,1H3,(H,17,22). The second-order valence-electron chi connectivity index (χ2n) is 5.32. The Morgan fingerprint density at radius 2 is 2.13 bits per heavy atom. The minimum atomic E-state index is -0.336. The van der Waals surface area contributed by atoms with Crippen molar-refractivity contribution in [3.05, 3.63) is 40.6 Å². The molecule has 2 aromatic rings. The molecule has 1 heterocycles. The topological polar surface area (TPSA) is 71.0 Å². The number of H-pyrrole nitrogens is 1. The largest absolute Gasteiger partial charge is 0.344 e. The van der Waals surface area contributed by atoms with Crippen LogP contribution in [0.5, 0.6) is 0 Å². The summed E-state index contributed by atoms with van der Waals surface area (Å²) in [6.07, 6.45) is 1.94. The van der Waals surface area contributed by atoms with E-state index in [2.05, 4.69) is 10.2 Å². The quantitative estimate of drug-likeness (QED) is 0.821. The fraction of sp³-hybridized carbons (Fsp3) is 0.400. The lowest BCUT2D eigenvalue weighted by molar-refractivity contribution is -0.116. The number of aromatic amines is 1. The Kier molecular flexibility index (Phi) is 4.51. The summed E-state index contributed by atoms with van der Waals surface area (Å²) in [6, 6.07) is 6.03. The van der Waals surface area contributed by atoms with E-state index in [-0.39, 0.29) is 29.2 Å². The number of thioether (sulfide) groups is 1. The molecule has 0 saturated heterocycles. The summed E-state index contributed by atoms with van der Waals surface area (Å²) in [6.45, 7) is 2.35. The summed E-state index contributed by atoms with van der Waals surface area (Å²) in [4.78, 5) is 25.7. The third kappa shape index (κ3) is 3.47. The second kappa shape index (κ2) is 6.57. The Labute approximate surface area is 136 Å². The average Bonchev–Trinajstić information content (AvgIpc) is 3.31. The number of rotatable bonds is 6. The number of anilines is 1. The van der Waals surface area contributed by atoms with Crippen LogP contribution in [0.2, 0.25) is 0 Å². The van der Waals surface area contributed by atoms with Gasteiger partial charge in [0.15, 0.2) is 5.16 Å². The number of benzene rings is 1. The minimum Gasteiger partial charge on any atom is -0.312 e. The predicted octanol–water partition coefficient (Wildman–Crippen LogP) is 2.19. The molecular weight excluding hydrogens is 319 g/mol. The van der Waals surface area contributed by atoms with E-state index in [1.807, 2.05) is 6.92 Å². The number of amides is 1. The molecule has 1 aliphatic carbocycles. The molecule has 1 N–H and O–H groups in total. The fourth-order valence-electron chi connectivity index (χ4n) is 2.37. The number of carbonyl (C=O) groups excluding carboxylic acids is 1. The zero-order valence-electron chi connectivity index (χ0n) is 12.7. The van der Waals surface area contributed by atoms with Crippen LogP contribution < -0.4 is 10.6 Å². The van der Waals surface area contributed by atoms with Crippen molar-refractivity contribution in [2.75, 3.05) is 17.2 Å². The first-order valence-electron chi connectivity index (χ1n) is 7.45. The number of hydrogen-bond donors (Lipinski definition) is 1. The highest BCUT2D eigenvalue weighted by Gasteiger charge is 2.29. The predicted molar refractivity (Wildman–Crippen MR) is 86.3 cm³/mol. The van der Waals surface area contributed by atoms with Crippen molar-refractivity contribution in [3.63, 3.8) is 0 Å². The van der Waals surface area contributed by atoms with E-state index in [0.717, 1.165) is 12.8 Å². The summed E-state index contributed by atoms with van der Waals surface area (Å²) in [5.41, 5.74) is 0.425. The summed E-state index contributed by atoms with van der Waals surface area (Å²) in [5, 5.41) is 6.96. The molecule has 0 unspecified atom stereocenters. The van der Waals surface area contributed by atoms with Gasteiger partial charge in [-0.1, -0.05) is 11.8 Å². The van der Waals surface area contributed by atoms with Crippen molar-refractivity contribution >= 4 is 23.4 Å². The van der Waals surface area contributed by atoms with Crippen LogP contribution in [0.1, 0.15) is 25.8 Å². The minimum absolute atomic E-state index is 0.109. The third-order valence-corrected chi connectivity index (χ3v) is 4.60. The van der Waals surface area contributed by atoms with Crippen LogP contribution in [0, 0.1) is 5.82 Å². The smallest absolute Gasteiger partial charge is 0.312 e. The number of halogens is 1. The van der Waals surface area contributed by atoms with Gasteiger partial charge >= 0.3 is 5.69 Å². The molecule has 1 saturated carbocycles. The number of hydrogen-bond acceptors (Lipinski definition) is 4. The van der Waals surface area contributed by atoms with Crippen molar-refractivity contribution in [1.29, 1.82) is 0 Å². The van der Waals surface area contributed by atoms with Crippen LogP contribution >= 0.6 is 11.8 Å². The third-order valence-electron chi connectivity index (χ3n) is 3.66. The molecule has 1 aromatic heterocycles. The number of aromatic nitrogens is 3. The molecule has 0 aliphatic heterocycles. The van der Waals surface area contributed by atoms with Crippen molar-refractivity contribution in [2.24, 2.45) is 0 Å². The van der Waals surface area contributed by atoms with Gasteiger partial charge in [-0.3, -0.25) is 9.36 Å². The molecule has 0 spiro atoms. The van der Waals surface area contributed by atoms with E-state index < -0.39 is 0 Å². The lowest BCUT2D eigenvalue weighted by Crippen LogP contribution is -2.32. The number of nitrogens with zero attached hydrogens (tertiary/aromatic N) is 3. The molecule has 1 amide bonds. The SMILES string of the molecule is CCN(C(=O)CSc1n[nH]c(=O)n1C1CC1)c1ccc(F)cc1. The van der Waals surface area contributed by atoms with E-state index in [1.54, 1.807) is 21.6 Å². The van der Waals surface area contributed by atoms with Crippen molar-refractivity contribution in [3.8, 4) is 0 Å². The molecule has 23 heavy (non-hydrogen) atoms. The summed E-state index contributed by atoms with van der Waals surface area (Å²) >= 11 is 1.24. The molecule has 1 aromatic carbocycles. The molecule has 0 radical (unpaired) electrons. The molecule has 1 fully saturated rings. The van der Waals surface area contributed by atoms with Crippen molar-refractivity contribution in [2.45, 2.75) is 31.0 Å². The highest BCUT2D eigenvalue weighted by atomic mass is 32.2. The summed E-state index contributed by atoms with van der Waals surface area (Å²) in [5.74, 6) is -0.277. The monoisotopic (exact) mass is 336 g/mol. The van der Waals surface area contributed by atoms with Crippen LogP contribution in [-0.4, -0.2) is 33.0 Å². The van der Waals surface area contributed by atoms with Gasteiger partial charge in [0.25, 0.3) is 0 Å². The molecule has 0 bridgehead atoms. The Hall–Kier alpha value is -2.09. The summed E-state index contributed by atoms with van der Waals surface area (Å²) < 4.78 is 14.6. The van der Waals surface area contributed by atoms with E-state index in [4.69, 9.17) is 0 Å². The zero-order valence-corrected chi connectivity index (χ0v) is 13.5. The Morgan fingerprint density at radius 3 is 2.74 bits per heavy atom. The number of carbonyl (C=O) groups is 1. The molecule has 122 valence electrons. The molecule has 1 aliphatic rings. The van der Waals surface area contributed by atoms with E-state index in [9.17, 15) is 14.0 Å². The van der Waals surface area contributed by atoms with Crippen LogP contribution in [0.15, 0.2) is 34.2 Å². The summed E-state index contributed by atoms with van der Waals surface area (Å²) in [7, 11) is 0. The maximum Gasteiger partial charge on any atom is 0.344 e. The first kappa shape index (κ1) is 15.8. The van der Waals surface area contributed by atoms with Gasteiger partial charge in [0.2, 0.25) is 5.91 Å². The lowest BCUT2D eigenvalue weighted by Gasteiger charge is -2.20. The molecular formula is C15H17FN4O2S. The van der Waals surface area contributed by atoms with Gasteiger partial charge < -0.3 is 4.90 Å². The number of nitrogens with one attached hydrogen (secondary N) is 1. The van der Waals surface area contributed by atoms with Gasteiger partial charge in [-0.2, -0.15) is 0 Å². The van der Waals surface area contributed by atoms with E-state index >= 15 is 0 Å². The first-order chi connectivity index (χ1) is 11.1. The van der Waals surface area contributed by atoms with E-state index in [1.165, 1.54) is 23.9 Å². The van der Waals surface area contributed by atoms with Gasteiger partial charge in [0.1, 0.15) is 5.82 Å².